The van der Waals surface area contributed by atoms with E-state index >= 15 is 0 Å². The van der Waals surface area contributed by atoms with Gasteiger partial charge in [-0.05, 0) is 37.6 Å². The predicted octanol–water partition coefficient (Wildman–Crippen LogP) is 4.55. The van der Waals surface area contributed by atoms with Gasteiger partial charge in [0.25, 0.3) is 5.91 Å². The Hall–Kier alpha value is -3.54. The van der Waals surface area contributed by atoms with Crippen LogP contribution < -0.4 is 10.1 Å². The molecule has 2 heterocycles. The van der Waals surface area contributed by atoms with Crippen LogP contribution in [-0.2, 0) is 13.2 Å². The topological polar surface area (TPSA) is 77.5 Å². The van der Waals surface area contributed by atoms with Crippen LogP contribution in [0.5, 0.6) is 5.75 Å². The first-order chi connectivity index (χ1) is 13.6. The summed E-state index contributed by atoms with van der Waals surface area (Å²) in [5.74, 6) is 1.72. The molecule has 2 aromatic carbocycles. The van der Waals surface area contributed by atoms with Gasteiger partial charge >= 0.3 is 0 Å². The number of fused-ring (bicyclic) bond motifs is 1. The van der Waals surface area contributed by atoms with E-state index in [1.807, 2.05) is 55.5 Å². The second-order valence-corrected chi connectivity index (χ2v) is 6.58. The Kier molecular flexibility index (Phi) is 4.85. The Morgan fingerprint density at radius 1 is 1.11 bits per heavy atom. The van der Waals surface area contributed by atoms with E-state index in [4.69, 9.17) is 13.7 Å². The molecule has 142 valence electrons. The molecule has 0 spiro atoms. The van der Waals surface area contributed by atoms with E-state index in [-0.39, 0.29) is 12.5 Å². The lowest BCUT2D eigenvalue weighted by Crippen LogP contribution is -2.23. The maximum atomic E-state index is 12.7. The van der Waals surface area contributed by atoms with Crippen LogP contribution in [-0.4, -0.2) is 11.1 Å². The third-order valence-corrected chi connectivity index (χ3v) is 4.42. The summed E-state index contributed by atoms with van der Waals surface area (Å²) in [4.78, 5) is 12.7. The number of aromatic nitrogens is 1. The molecule has 0 saturated heterocycles. The average molecular weight is 376 g/mol. The van der Waals surface area contributed by atoms with E-state index in [0.29, 0.717) is 40.7 Å². The molecule has 0 aliphatic rings. The third kappa shape index (κ3) is 3.76. The summed E-state index contributed by atoms with van der Waals surface area (Å²) in [6.45, 7) is 4.32. The number of nitrogens with one attached hydrogen (secondary N) is 1. The molecule has 4 rings (SSSR count). The minimum Gasteiger partial charge on any atom is -0.489 e. The monoisotopic (exact) mass is 376 g/mol. The van der Waals surface area contributed by atoms with E-state index < -0.39 is 0 Å². The largest absolute Gasteiger partial charge is 0.489 e. The lowest BCUT2D eigenvalue weighted by molar-refractivity contribution is 0.0950. The lowest BCUT2D eigenvalue weighted by Gasteiger charge is -2.07. The highest BCUT2D eigenvalue weighted by Gasteiger charge is 2.19. The standard InChI is InChI=1S/C22H20N2O4/c1-14-10-17(24-28-14)12-23-22(25)21-15(2)27-20-9-8-18(11-19(20)21)26-13-16-6-4-3-5-7-16/h3-11H,12-13H2,1-2H3,(H,23,25). The number of nitrogens with zero attached hydrogens (tertiary/aromatic N) is 1. The second-order valence-electron chi connectivity index (χ2n) is 6.58. The number of carbonyl (C=O) groups is 1. The number of hydrogen-bond donors (Lipinski definition) is 1. The molecular weight excluding hydrogens is 356 g/mol. The number of furan rings is 1. The van der Waals surface area contributed by atoms with Gasteiger partial charge in [-0.15, -0.1) is 0 Å². The molecule has 6 nitrogen and oxygen atoms in total. The van der Waals surface area contributed by atoms with Gasteiger partial charge in [0.1, 0.15) is 35.2 Å². The van der Waals surface area contributed by atoms with Crippen molar-refractivity contribution >= 4 is 16.9 Å². The van der Waals surface area contributed by atoms with Crippen molar-refractivity contribution in [2.45, 2.75) is 27.0 Å². The molecule has 6 heteroatoms. The second kappa shape index (κ2) is 7.60. The van der Waals surface area contributed by atoms with Gasteiger partial charge in [0.2, 0.25) is 0 Å². The molecule has 0 radical (unpaired) electrons. The molecule has 4 aromatic rings. The molecule has 2 aromatic heterocycles. The third-order valence-electron chi connectivity index (χ3n) is 4.42. The Bertz CT molecular complexity index is 1110. The number of benzene rings is 2. The van der Waals surface area contributed by atoms with Crippen LogP contribution in [0.3, 0.4) is 0 Å². The smallest absolute Gasteiger partial charge is 0.255 e. The van der Waals surface area contributed by atoms with Crippen molar-refractivity contribution in [3.05, 3.63) is 82.9 Å². The van der Waals surface area contributed by atoms with Crippen molar-refractivity contribution in [3.63, 3.8) is 0 Å². The normalized spacial score (nSPS) is 10.9. The van der Waals surface area contributed by atoms with Crippen LogP contribution in [0.4, 0.5) is 0 Å². The van der Waals surface area contributed by atoms with Crippen molar-refractivity contribution in [1.29, 1.82) is 0 Å². The molecular formula is C22H20N2O4. The Labute approximate surface area is 162 Å². The van der Waals surface area contributed by atoms with Gasteiger partial charge < -0.3 is 19.0 Å². The minimum atomic E-state index is -0.225. The molecule has 28 heavy (non-hydrogen) atoms. The Morgan fingerprint density at radius 2 is 1.93 bits per heavy atom. The molecule has 0 saturated carbocycles. The van der Waals surface area contributed by atoms with Gasteiger partial charge in [0, 0.05) is 11.5 Å². The molecule has 1 N–H and O–H groups in total. The zero-order valence-electron chi connectivity index (χ0n) is 15.7. The highest BCUT2D eigenvalue weighted by Crippen LogP contribution is 2.29. The molecule has 1 amide bonds. The number of ether oxygens (including phenoxy) is 1. The van der Waals surface area contributed by atoms with Crippen molar-refractivity contribution in [1.82, 2.24) is 10.5 Å². The van der Waals surface area contributed by atoms with E-state index in [2.05, 4.69) is 10.5 Å². The minimum absolute atomic E-state index is 0.225. The zero-order chi connectivity index (χ0) is 19.5. The molecule has 0 unspecified atom stereocenters. The predicted molar refractivity (Wildman–Crippen MR) is 104 cm³/mol. The van der Waals surface area contributed by atoms with E-state index in [1.54, 1.807) is 13.0 Å². The van der Waals surface area contributed by atoms with Crippen LogP contribution in [0.2, 0.25) is 0 Å². The molecule has 0 aliphatic heterocycles. The maximum absolute atomic E-state index is 12.7. The fourth-order valence-electron chi connectivity index (χ4n) is 3.07. The Balaban J connectivity index is 1.53. The summed E-state index contributed by atoms with van der Waals surface area (Å²) in [7, 11) is 0. The van der Waals surface area contributed by atoms with Gasteiger partial charge in [-0.2, -0.15) is 0 Å². The molecule has 0 aliphatic carbocycles. The summed E-state index contributed by atoms with van der Waals surface area (Å²) in [5.41, 5.74) is 2.89. The van der Waals surface area contributed by atoms with Gasteiger partial charge in [-0.25, -0.2) is 0 Å². The first-order valence-electron chi connectivity index (χ1n) is 9.00. The van der Waals surface area contributed by atoms with Crippen LogP contribution in [0.1, 0.15) is 33.1 Å². The van der Waals surface area contributed by atoms with Crippen LogP contribution in [0.15, 0.2) is 63.5 Å². The van der Waals surface area contributed by atoms with Crippen LogP contribution in [0.25, 0.3) is 11.0 Å². The number of carbonyl (C=O) groups excluding carboxylic acids is 1. The van der Waals surface area contributed by atoms with Gasteiger partial charge in [-0.1, -0.05) is 35.5 Å². The maximum Gasteiger partial charge on any atom is 0.255 e. The first-order valence-corrected chi connectivity index (χ1v) is 9.00. The van der Waals surface area contributed by atoms with Gasteiger partial charge in [-0.3, -0.25) is 4.79 Å². The van der Waals surface area contributed by atoms with Gasteiger partial charge in [0.15, 0.2) is 0 Å². The number of amides is 1. The summed E-state index contributed by atoms with van der Waals surface area (Å²) < 4.78 is 16.6. The zero-order valence-corrected chi connectivity index (χ0v) is 15.7. The van der Waals surface area contributed by atoms with Crippen LogP contribution in [0, 0.1) is 13.8 Å². The summed E-state index contributed by atoms with van der Waals surface area (Å²) in [6, 6.07) is 17.2. The van der Waals surface area contributed by atoms with Crippen LogP contribution >= 0.6 is 0 Å². The first kappa shape index (κ1) is 17.9. The molecule has 0 fully saturated rings. The van der Waals surface area contributed by atoms with E-state index in [1.165, 1.54) is 0 Å². The van der Waals surface area contributed by atoms with Crippen molar-refractivity contribution < 1.29 is 18.5 Å². The fraction of sp³-hybridized carbons (Fsp3) is 0.182. The summed E-state index contributed by atoms with van der Waals surface area (Å²) in [5, 5.41) is 7.47. The van der Waals surface area contributed by atoms with Crippen molar-refractivity contribution in [2.75, 3.05) is 0 Å². The highest BCUT2D eigenvalue weighted by atomic mass is 16.5. The lowest BCUT2D eigenvalue weighted by atomic mass is 10.1. The highest BCUT2D eigenvalue weighted by molar-refractivity contribution is 6.07. The average Bonchev–Trinajstić information content (AvgIpc) is 3.27. The van der Waals surface area contributed by atoms with Crippen molar-refractivity contribution in [3.8, 4) is 5.75 Å². The fourth-order valence-corrected chi connectivity index (χ4v) is 3.07. The number of aryl methyl sites for hydroxylation is 2. The summed E-state index contributed by atoms with van der Waals surface area (Å²) >= 11 is 0. The quantitative estimate of drug-likeness (QED) is 0.534. The van der Waals surface area contributed by atoms with E-state index in [9.17, 15) is 4.79 Å². The number of rotatable bonds is 6. The Morgan fingerprint density at radius 3 is 2.68 bits per heavy atom. The van der Waals surface area contributed by atoms with Crippen molar-refractivity contribution in [2.24, 2.45) is 0 Å². The number of hydrogen-bond acceptors (Lipinski definition) is 5. The van der Waals surface area contributed by atoms with E-state index in [0.717, 1.165) is 10.9 Å². The molecule has 0 atom stereocenters. The summed E-state index contributed by atoms with van der Waals surface area (Å²) in [6.07, 6.45) is 0. The SMILES string of the molecule is Cc1cc(CNC(=O)c2c(C)oc3ccc(OCc4ccccc4)cc23)no1. The molecule has 0 bridgehead atoms. The van der Waals surface area contributed by atoms with Gasteiger partial charge in [0.05, 0.1) is 12.1 Å².